The summed E-state index contributed by atoms with van der Waals surface area (Å²) in [5.41, 5.74) is 0.776. The molecule has 1 aliphatic rings. The molecule has 3 aromatic rings. The van der Waals surface area contributed by atoms with E-state index in [1.165, 1.54) is 24.3 Å². The van der Waals surface area contributed by atoms with Crippen LogP contribution in [0.15, 0.2) is 65.6 Å². The summed E-state index contributed by atoms with van der Waals surface area (Å²) in [4.78, 5) is 39.3. The molecule has 1 fully saturated rings. The van der Waals surface area contributed by atoms with E-state index in [4.69, 9.17) is 49.0 Å². The number of nitrogens with zero attached hydrogens (tertiary/aromatic N) is 1. The molecule has 11 heteroatoms. The maximum Gasteiger partial charge on any atom is 0.343 e. The Hall–Kier alpha value is -3.17. The van der Waals surface area contributed by atoms with Crippen LogP contribution in [0.4, 0.5) is 4.79 Å². The fourth-order valence-electron chi connectivity index (χ4n) is 3.40. The van der Waals surface area contributed by atoms with Gasteiger partial charge in [0.05, 0.1) is 28.6 Å². The second-order valence-electron chi connectivity index (χ2n) is 7.80. The predicted molar refractivity (Wildman–Crippen MR) is 149 cm³/mol. The number of hydrogen-bond donors (Lipinski definition) is 0. The number of amides is 2. The lowest BCUT2D eigenvalue weighted by Crippen LogP contribution is -2.32. The number of benzene rings is 3. The summed E-state index contributed by atoms with van der Waals surface area (Å²) in [6.07, 6.45) is 1.53. The quantitative estimate of drug-likeness (QED) is 0.146. The van der Waals surface area contributed by atoms with Gasteiger partial charge in [-0.05, 0) is 91.0 Å². The summed E-state index contributed by atoms with van der Waals surface area (Å²) in [5.74, 6) is -0.264. The molecule has 0 aromatic heterocycles. The van der Waals surface area contributed by atoms with E-state index in [1.807, 2.05) is 0 Å². The highest BCUT2D eigenvalue weighted by Gasteiger charge is 2.35. The highest BCUT2D eigenvalue weighted by Crippen LogP contribution is 2.39. The van der Waals surface area contributed by atoms with Crippen LogP contribution < -0.4 is 14.2 Å². The van der Waals surface area contributed by atoms with Gasteiger partial charge in [0.25, 0.3) is 11.1 Å². The van der Waals surface area contributed by atoms with Gasteiger partial charge in [0.15, 0.2) is 11.5 Å². The van der Waals surface area contributed by atoms with Crippen LogP contribution in [0.5, 0.6) is 17.2 Å². The third-order valence-electron chi connectivity index (χ3n) is 5.17. The molecule has 38 heavy (non-hydrogen) atoms. The van der Waals surface area contributed by atoms with Crippen molar-refractivity contribution in [2.75, 3.05) is 19.8 Å². The van der Waals surface area contributed by atoms with E-state index < -0.39 is 17.1 Å². The molecule has 0 N–H and O–H groups in total. The molecule has 3 aromatic carbocycles. The molecule has 0 spiro atoms. The largest absolute Gasteiger partial charge is 0.492 e. The molecule has 0 radical (unpaired) electrons. The van der Waals surface area contributed by atoms with E-state index in [0.717, 1.165) is 16.7 Å². The van der Waals surface area contributed by atoms with Gasteiger partial charge in [-0.1, -0.05) is 34.8 Å². The van der Waals surface area contributed by atoms with Gasteiger partial charge in [0, 0.05) is 10.0 Å². The summed E-state index contributed by atoms with van der Waals surface area (Å²) in [6, 6.07) is 16.1. The van der Waals surface area contributed by atoms with Gasteiger partial charge in [0.2, 0.25) is 0 Å². The summed E-state index contributed by atoms with van der Waals surface area (Å²) in [6.45, 7) is 2.24. The maximum absolute atomic E-state index is 12.9. The van der Waals surface area contributed by atoms with E-state index in [9.17, 15) is 14.4 Å². The van der Waals surface area contributed by atoms with Crippen LogP contribution in [0.3, 0.4) is 0 Å². The van der Waals surface area contributed by atoms with Crippen molar-refractivity contribution in [1.82, 2.24) is 4.90 Å². The molecule has 0 aliphatic carbocycles. The molecular weight excluding hydrogens is 573 g/mol. The van der Waals surface area contributed by atoms with E-state index in [-0.39, 0.29) is 46.7 Å². The van der Waals surface area contributed by atoms with Gasteiger partial charge in [-0.15, -0.1) is 0 Å². The third-order valence-corrected chi connectivity index (χ3v) is 6.87. The molecule has 0 saturated carbocycles. The van der Waals surface area contributed by atoms with Crippen LogP contribution in [0.25, 0.3) is 6.08 Å². The molecule has 4 rings (SSSR count). The molecule has 196 valence electrons. The third kappa shape index (κ3) is 6.82. The smallest absolute Gasteiger partial charge is 0.343 e. The van der Waals surface area contributed by atoms with Crippen molar-refractivity contribution in [3.8, 4) is 17.2 Å². The second-order valence-corrected chi connectivity index (χ2v) is 10.1. The first-order valence-electron chi connectivity index (χ1n) is 11.3. The minimum absolute atomic E-state index is 0.0399. The van der Waals surface area contributed by atoms with E-state index in [0.29, 0.717) is 21.4 Å². The number of thioether (sulfide) groups is 1. The zero-order valence-electron chi connectivity index (χ0n) is 19.9. The monoisotopic (exact) mass is 591 g/mol. The number of halogens is 3. The average Bonchev–Trinajstić information content (AvgIpc) is 3.15. The Bertz CT molecular complexity index is 1390. The molecule has 7 nitrogen and oxygen atoms in total. The second kappa shape index (κ2) is 12.6. The molecule has 1 heterocycles. The Labute approximate surface area is 238 Å². The molecule has 0 atom stereocenters. The molecule has 2 amide bonds. The highest BCUT2D eigenvalue weighted by molar-refractivity contribution is 8.18. The van der Waals surface area contributed by atoms with Crippen molar-refractivity contribution < 1.29 is 28.6 Å². The fourth-order valence-corrected chi connectivity index (χ4v) is 4.78. The first-order chi connectivity index (χ1) is 18.2. The Morgan fingerprint density at radius 2 is 1.61 bits per heavy atom. The van der Waals surface area contributed by atoms with Crippen molar-refractivity contribution in [2.24, 2.45) is 0 Å². The Morgan fingerprint density at radius 3 is 2.26 bits per heavy atom. The standard InChI is InChI=1S/C27H20Cl3NO6S/c1-2-35-22-14-16(13-21(30)24(22)37-26(33)17-3-5-18(28)6-4-17)15-23-25(32)31(27(34)38-23)11-12-36-20-9-7-19(29)8-10-20/h3-10,13-15H,2,11-12H2,1H3/b23-15-. The van der Waals surface area contributed by atoms with Crippen LogP contribution in [-0.2, 0) is 4.79 Å². The first kappa shape index (κ1) is 27.9. The SMILES string of the molecule is CCOc1cc(/C=C2\SC(=O)N(CCOc3ccc(Cl)cc3)C2=O)cc(Cl)c1OC(=O)c1ccc(Cl)cc1. The summed E-state index contributed by atoms with van der Waals surface area (Å²) >= 11 is 19.0. The predicted octanol–water partition coefficient (Wildman–Crippen LogP) is 7.38. The van der Waals surface area contributed by atoms with Crippen LogP contribution >= 0.6 is 46.6 Å². The Balaban J connectivity index is 1.48. The summed E-state index contributed by atoms with van der Waals surface area (Å²) in [5, 5.41) is 0.747. The van der Waals surface area contributed by atoms with Crippen LogP contribution in [0, 0.1) is 0 Å². The topological polar surface area (TPSA) is 82.1 Å². The van der Waals surface area contributed by atoms with Gasteiger partial charge in [-0.2, -0.15) is 0 Å². The molecule has 0 bridgehead atoms. The first-order valence-corrected chi connectivity index (χ1v) is 13.3. The fraction of sp³-hybridized carbons (Fsp3) is 0.148. The zero-order chi connectivity index (χ0) is 27.2. The average molecular weight is 593 g/mol. The lowest BCUT2D eigenvalue weighted by atomic mass is 10.1. The molecular formula is C27H20Cl3NO6S. The molecule has 1 saturated heterocycles. The number of carbonyl (C=O) groups is 3. The lowest BCUT2D eigenvalue weighted by Gasteiger charge is -2.14. The van der Waals surface area contributed by atoms with Gasteiger partial charge in [-0.3, -0.25) is 14.5 Å². The zero-order valence-corrected chi connectivity index (χ0v) is 23.0. The number of ether oxygens (including phenoxy) is 3. The maximum atomic E-state index is 12.9. The summed E-state index contributed by atoms with van der Waals surface area (Å²) in [7, 11) is 0. The van der Waals surface area contributed by atoms with Crippen LogP contribution in [0.1, 0.15) is 22.8 Å². The summed E-state index contributed by atoms with van der Waals surface area (Å²) < 4.78 is 16.8. The normalized spacial score (nSPS) is 14.2. The molecule has 0 unspecified atom stereocenters. The van der Waals surface area contributed by atoms with E-state index in [1.54, 1.807) is 49.4 Å². The van der Waals surface area contributed by atoms with Crippen molar-refractivity contribution in [1.29, 1.82) is 0 Å². The van der Waals surface area contributed by atoms with Gasteiger partial charge >= 0.3 is 5.97 Å². The van der Waals surface area contributed by atoms with Crippen LogP contribution in [0.2, 0.25) is 15.1 Å². The minimum Gasteiger partial charge on any atom is -0.492 e. The van der Waals surface area contributed by atoms with Crippen LogP contribution in [-0.4, -0.2) is 41.8 Å². The number of carbonyl (C=O) groups excluding carboxylic acids is 3. The number of hydrogen-bond acceptors (Lipinski definition) is 7. The van der Waals surface area contributed by atoms with E-state index in [2.05, 4.69) is 0 Å². The Morgan fingerprint density at radius 1 is 0.947 bits per heavy atom. The molecule has 1 aliphatic heterocycles. The van der Waals surface area contributed by atoms with Gasteiger partial charge < -0.3 is 14.2 Å². The van der Waals surface area contributed by atoms with Gasteiger partial charge in [0.1, 0.15) is 12.4 Å². The van der Waals surface area contributed by atoms with E-state index >= 15 is 0 Å². The Kier molecular flexibility index (Phi) is 9.22. The van der Waals surface area contributed by atoms with Gasteiger partial charge in [-0.25, -0.2) is 4.79 Å². The van der Waals surface area contributed by atoms with Crippen molar-refractivity contribution in [2.45, 2.75) is 6.92 Å². The van der Waals surface area contributed by atoms with Crippen molar-refractivity contribution >= 4 is 69.8 Å². The van der Waals surface area contributed by atoms with Crippen molar-refractivity contribution in [3.05, 3.63) is 91.8 Å². The minimum atomic E-state index is -0.640. The number of rotatable bonds is 9. The highest BCUT2D eigenvalue weighted by atomic mass is 35.5. The number of imide groups is 1. The van der Waals surface area contributed by atoms with Crippen molar-refractivity contribution in [3.63, 3.8) is 0 Å². The lowest BCUT2D eigenvalue weighted by molar-refractivity contribution is -0.123. The number of esters is 1.